The van der Waals surface area contributed by atoms with E-state index in [-0.39, 0.29) is 0 Å². The molecule has 1 atom stereocenters. The Morgan fingerprint density at radius 3 is 2.50 bits per heavy atom. The van der Waals surface area contributed by atoms with Crippen LogP contribution in [-0.2, 0) is 6.54 Å². The Morgan fingerprint density at radius 1 is 1.04 bits per heavy atom. The molecule has 1 unspecified atom stereocenters. The smallest absolute Gasteiger partial charge is 0.0368 e. The van der Waals surface area contributed by atoms with Gasteiger partial charge in [-0.25, -0.2) is 0 Å². The van der Waals surface area contributed by atoms with Gasteiger partial charge in [0.2, 0.25) is 0 Å². The number of anilines is 1. The zero-order chi connectivity index (χ0) is 18.0. The Morgan fingerprint density at radius 2 is 1.81 bits per heavy atom. The third-order valence-corrected chi connectivity index (χ3v) is 6.65. The number of aryl methyl sites for hydroxylation is 1. The first-order chi connectivity index (χ1) is 12.7. The van der Waals surface area contributed by atoms with E-state index in [1.54, 1.807) is 0 Å². The molecule has 0 amide bonds. The summed E-state index contributed by atoms with van der Waals surface area (Å²) < 4.78 is 0. The van der Waals surface area contributed by atoms with Gasteiger partial charge < -0.3 is 4.90 Å². The molecule has 1 saturated heterocycles. The number of hydrogen-bond acceptors (Lipinski definition) is 2. The van der Waals surface area contributed by atoms with Crippen LogP contribution < -0.4 is 4.90 Å². The van der Waals surface area contributed by atoms with Crippen molar-refractivity contribution in [1.29, 1.82) is 0 Å². The first kappa shape index (κ1) is 17.6. The van der Waals surface area contributed by atoms with Crippen molar-refractivity contribution >= 4 is 5.69 Å². The number of nitrogens with zero attached hydrogens (tertiary/aromatic N) is 2. The quantitative estimate of drug-likeness (QED) is 0.714. The second-order valence-corrected chi connectivity index (χ2v) is 8.40. The summed E-state index contributed by atoms with van der Waals surface area (Å²) in [5.41, 5.74) is 4.86. The maximum absolute atomic E-state index is 2.65. The van der Waals surface area contributed by atoms with E-state index in [0.29, 0.717) is 5.41 Å². The van der Waals surface area contributed by atoms with Crippen molar-refractivity contribution in [1.82, 2.24) is 4.90 Å². The zero-order valence-corrected chi connectivity index (χ0v) is 16.3. The molecule has 4 rings (SSSR count). The van der Waals surface area contributed by atoms with Crippen LogP contribution in [0.5, 0.6) is 0 Å². The van der Waals surface area contributed by atoms with Gasteiger partial charge in [-0.05, 0) is 80.8 Å². The van der Waals surface area contributed by atoms with Gasteiger partial charge in [-0.3, -0.25) is 4.90 Å². The summed E-state index contributed by atoms with van der Waals surface area (Å²) in [5, 5.41) is 0. The lowest BCUT2D eigenvalue weighted by molar-refractivity contribution is 0.156. The van der Waals surface area contributed by atoms with E-state index < -0.39 is 0 Å². The van der Waals surface area contributed by atoms with Crippen LogP contribution in [0.2, 0.25) is 0 Å². The monoisotopic (exact) mass is 348 g/mol. The van der Waals surface area contributed by atoms with Gasteiger partial charge >= 0.3 is 0 Å². The summed E-state index contributed by atoms with van der Waals surface area (Å²) in [6, 6.07) is 19.9. The predicted molar refractivity (Wildman–Crippen MR) is 111 cm³/mol. The lowest BCUT2D eigenvalue weighted by Crippen LogP contribution is -2.36. The molecule has 1 saturated carbocycles. The van der Waals surface area contributed by atoms with Crippen LogP contribution in [0.15, 0.2) is 54.6 Å². The molecule has 2 nitrogen and oxygen atoms in total. The van der Waals surface area contributed by atoms with Gasteiger partial charge in [0.1, 0.15) is 0 Å². The van der Waals surface area contributed by atoms with Crippen LogP contribution in [0, 0.1) is 18.3 Å². The summed E-state index contributed by atoms with van der Waals surface area (Å²) in [5.74, 6) is 0.891. The Hall–Kier alpha value is -1.80. The standard InChI is InChI=1S/C24H32N2/c1-3-26(23-11-7-8-20(2)16-23)19-22-17-24(22)12-14-25(15-13-24)18-21-9-5-4-6-10-21/h4-11,16,22H,3,12-15,17-19H2,1-2H3. The molecular weight excluding hydrogens is 316 g/mol. The number of likely N-dealkylation sites (tertiary alicyclic amines) is 1. The fraction of sp³-hybridized carbons (Fsp3) is 0.500. The largest absolute Gasteiger partial charge is 0.372 e. The fourth-order valence-corrected chi connectivity index (χ4v) is 4.81. The summed E-state index contributed by atoms with van der Waals surface area (Å²) >= 11 is 0. The van der Waals surface area contributed by atoms with Crippen LogP contribution in [0.25, 0.3) is 0 Å². The second kappa shape index (κ2) is 7.44. The van der Waals surface area contributed by atoms with E-state index in [1.165, 1.54) is 55.7 Å². The van der Waals surface area contributed by atoms with Crippen molar-refractivity contribution in [2.75, 3.05) is 31.1 Å². The number of benzene rings is 2. The summed E-state index contributed by atoms with van der Waals surface area (Å²) in [4.78, 5) is 5.23. The third kappa shape index (κ3) is 3.81. The summed E-state index contributed by atoms with van der Waals surface area (Å²) in [7, 11) is 0. The Bertz CT molecular complexity index is 716. The molecule has 2 heteroatoms. The Kier molecular flexibility index (Phi) is 5.04. The average molecular weight is 349 g/mol. The van der Waals surface area contributed by atoms with E-state index in [2.05, 4.69) is 78.2 Å². The molecule has 1 aliphatic carbocycles. The highest BCUT2D eigenvalue weighted by Crippen LogP contribution is 2.59. The maximum Gasteiger partial charge on any atom is 0.0368 e. The SMILES string of the molecule is CCN(CC1CC12CCN(Cc1ccccc1)CC2)c1cccc(C)c1. The van der Waals surface area contributed by atoms with E-state index in [4.69, 9.17) is 0 Å². The zero-order valence-electron chi connectivity index (χ0n) is 16.3. The molecule has 0 aromatic heterocycles. The van der Waals surface area contributed by atoms with Crippen LogP contribution in [0.4, 0.5) is 5.69 Å². The maximum atomic E-state index is 2.65. The minimum absolute atomic E-state index is 0.643. The number of piperidine rings is 1. The molecule has 1 aliphatic heterocycles. The molecule has 0 N–H and O–H groups in total. The highest BCUT2D eigenvalue weighted by molar-refractivity contribution is 5.48. The molecule has 2 fully saturated rings. The molecule has 2 aliphatic rings. The minimum atomic E-state index is 0.643. The van der Waals surface area contributed by atoms with E-state index in [0.717, 1.165) is 19.0 Å². The number of rotatable bonds is 6. The van der Waals surface area contributed by atoms with Crippen molar-refractivity contribution in [2.45, 2.75) is 39.7 Å². The number of hydrogen-bond donors (Lipinski definition) is 0. The van der Waals surface area contributed by atoms with Crippen LogP contribution >= 0.6 is 0 Å². The molecule has 1 heterocycles. The van der Waals surface area contributed by atoms with Gasteiger partial charge in [0.05, 0.1) is 0 Å². The minimum Gasteiger partial charge on any atom is -0.372 e. The molecule has 26 heavy (non-hydrogen) atoms. The molecular formula is C24H32N2. The molecule has 2 aromatic rings. The van der Waals surface area contributed by atoms with E-state index in [1.807, 2.05) is 0 Å². The van der Waals surface area contributed by atoms with Crippen LogP contribution in [0.1, 0.15) is 37.3 Å². The lowest BCUT2D eigenvalue weighted by Gasteiger charge is -2.34. The van der Waals surface area contributed by atoms with Gasteiger partial charge in [0.15, 0.2) is 0 Å². The topological polar surface area (TPSA) is 6.48 Å². The Balaban J connectivity index is 1.31. The van der Waals surface area contributed by atoms with Crippen molar-refractivity contribution < 1.29 is 0 Å². The van der Waals surface area contributed by atoms with Crippen molar-refractivity contribution in [2.24, 2.45) is 11.3 Å². The molecule has 0 radical (unpaired) electrons. The van der Waals surface area contributed by atoms with Crippen LogP contribution in [-0.4, -0.2) is 31.1 Å². The molecule has 138 valence electrons. The third-order valence-electron chi connectivity index (χ3n) is 6.65. The van der Waals surface area contributed by atoms with Gasteiger partial charge in [-0.2, -0.15) is 0 Å². The first-order valence-electron chi connectivity index (χ1n) is 10.3. The summed E-state index contributed by atoms with van der Waals surface area (Å²) in [6.07, 6.45) is 4.21. The van der Waals surface area contributed by atoms with E-state index in [9.17, 15) is 0 Å². The highest BCUT2D eigenvalue weighted by Gasteiger charge is 2.54. The van der Waals surface area contributed by atoms with E-state index >= 15 is 0 Å². The van der Waals surface area contributed by atoms with Gasteiger partial charge in [-0.1, -0.05) is 42.5 Å². The lowest BCUT2D eigenvalue weighted by atomic mass is 9.90. The first-order valence-corrected chi connectivity index (χ1v) is 10.3. The normalized spacial score (nSPS) is 21.7. The highest BCUT2D eigenvalue weighted by atomic mass is 15.2. The molecule has 0 bridgehead atoms. The van der Waals surface area contributed by atoms with Gasteiger partial charge in [0, 0.05) is 25.3 Å². The summed E-state index contributed by atoms with van der Waals surface area (Å²) in [6.45, 7) is 10.5. The van der Waals surface area contributed by atoms with Gasteiger partial charge in [0.25, 0.3) is 0 Å². The molecule has 2 aromatic carbocycles. The van der Waals surface area contributed by atoms with Crippen molar-refractivity contribution in [3.63, 3.8) is 0 Å². The predicted octanol–water partition coefficient (Wildman–Crippen LogP) is 5.12. The van der Waals surface area contributed by atoms with Crippen molar-refractivity contribution in [3.05, 3.63) is 65.7 Å². The average Bonchev–Trinajstić information content (AvgIpc) is 3.34. The van der Waals surface area contributed by atoms with Crippen molar-refractivity contribution in [3.8, 4) is 0 Å². The van der Waals surface area contributed by atoms with Gasteiger partial charge in [-0.15, -0.1) is 0 Å². The fourth-order valence-electron chi connectivity index (χ4n) is 4.81. The van der Waals surface area contributed by atoms with Crippen LogP contribution in [0.3, 0.4) is 0 Å². The molecule has 1 spiro atoms. The Labute approximate surface area is 158 Å². The second-order valence-electron chi connectivity index (χ2n) is 8.40.